The minimum atomic E-state index is -6.03. The van der Waals surface area contributed by atoms with Crippen molar-refractivity contribution in [2.75, 3.05) is 18.1 Å². The van der Waals surface area contributed by atoms with Crippen molar-refractivity contribution in [2.45, 2.75) is 56.7 Å². The second-order valence-electron chi connectivity index (χ2n) is 6.02. The van der Waals surface area contributed by atoms with E-state index < -0.39 is 28.2 Å². The first kappa shape index (κ1) is 26.2. The SMILES string of the molecule is CCCC[S+](CCCC)Cc1ccccc1.O=S(=O)([O-])C(F)(F)C(F)CO. The van der Waals surface area contributed by atoms with Gasteiger partial charge >= 0.3 is 5.25 Å². The smallest absolute Gasteiger partial charge is 0.367 e. The van der Waals surface area contributed by atoms with Crippen molar-refractivity contribution in [2.24, 2.45) is 0 Å². The van der Waals surface area contributed by atoms with Crippen LogP contribution in [-0.2, 0) is 26.8 Å². The Morgan fingerprint density at radius 1 is 1.11 bits per heavy atom. The van der Waals surface area contributed by atoms with E-state index in [9.17, 15) is 26.1 Å². The van der Waals surface area contributed by atoms with Crippen LogP contribution in [0.2, 0.25) is 0 Å². The number of benzene rings is 1. The quantitative estimate of drug-likeness (QED) is 0.427. The molecule has 1 aromatic carbocycles. The van der Waals surface area contributed by atoms with Crippen molar-refractivity contribution in [1.29, 1.82) is 0 Å². The normalized spacial score (nSPS) is 13.2. The van der Waals surface area contributed by atoms with E-state index in [4.69, 9.17) is 5.11 Å². The van der Waals surface area contributed by atoms with Crippen molar-refractivity contribution in [3.63, 3.8) is 0 Å². The molecule has 0 radical (unpaired) electrons. The lowest BCUT2D eigenvalue weighted by atomic mass is 10.2. The molecule has 0 aliphatic rings. The zero-order chi connectivity index (χ0) is 20.9. The molecule has 0 aliphatic heterocycles. The van der Waals surface area contributed by atoms with Gasteiger partial charge in [0, 0.05) is 5.56 Å². The average molecular weight is 431 g/mol. The average Bonchev–Trinajstić information content (AvgIpc) is 2.63. The Hall–Kier alpha value is -0.770. The molecule has 1 rings (SSSR count). The van der Waals surface area contributed by atoms with Gasteiger partial charge in [0.1, 0.15) is 17.3 Å². The van der Waals surface area contributed by atoms with Gasteiger partial charge in [-0.2, -0.15) is 8.78 Å². The summed E-state index contributed by atoms with van der Waals surface area (Å²) in [6.07, 6.45) is 2.11. The van der Waals surface area contributed by atoms with Crippen LogP contribution in [0, 0.1) is 0 Å². The Bertz CT molecular complexity index is 590. The summed E-state index contributed by atoms with van der Waals surface area (Å²) in [5.41, 5.74) is 1.53. The van der Waals surface area contributed by atoms with Crippen LogP contribution in [0.5, 0.6) is 0 Å². The van der Waals surface area contributed by atoms with Crippen LogP contribution in [-0.4, -0.2) is 47.6 Å². The third-order valence-electron chi connectivity index (χ3n) is 3.65. The molecule has 0 saturated heterocycles. The third kappa shape index (κ3) is 10.4. The van der Waals surface area contributed by atoms with Crippen LogP contribution < -0.4 is 0 Å². The van der Waals surface area contributed by atoms with Gasteiger partial charge in [-0.1, -0.05) is 57.0 Å². The summed E-state index contributed by atoms with van der Waals surface area (Å²) in [7, 11) is -5.41. The minimum absolute atomic E-state index is 0.625. The molecule has 4 nitrogen and oxygen atoms in total. The third-order valence-corrected chi connectivity index (χ3v) is 7.04. The molecule has 1 atom stereocenters. The molecule has 0 fully saturated rings. The lowest BCUT2D eigenvalue weighted by Crippen LogP contribution is -2.40. The van der Waals surface area contributed by atoms with E-state index in [0.29, 0.717) is 10.9 Å². The summed E-state index contributed by atoms with van der Waals surface area (Å²) in [5, 5.41) is 2.72. The Balaban J connectivity index is 0.000000541. The standard InChI is InChI=1S/C15H25S.C3H5F3O4S/c1-3-5-12-16(13-6-4-2)14-15-10-8-7-9-11-15;4-2(1-7)3(5,6)11(8,9)10/h7-11H,3-6,12-14H2,1-2H3;2,7H,1H2,(H,8,9,10)/q+1;/p-1. The molecule has 0 bridgehead atoms. The summed E-state index contributed by atoms with van der Waals surface area (Å²) in [6.45, 7) is 2.88. The van der Waals surface area contributed by atoms with E-state index in [1.807, 2.05) is 0 Å². The zero-order valence-corrected chi connectivity index (χ0v) is 17.4. The molecule has 1 N–H and O–H groups in total. The van der Waals surface area contributed by atoms with Crippen molar-refractivity contribution in [1.82, 2.24) is 0 Å². The van der Waals surface area contributed by atoms with E-state index in [-0.39, 0.29) is 0 Å². The molecule has 0 aromatic heterocycles. The van der Waals surface area contributed by atoms with E-state index in [1.54, 1.807) is 0 Å². The maximum absolute atomic E-state index is 11.9. The number of halogens is 3. The van der Waals surface area contributed by atoms with E-state index in [2.05, 4.69) is 44.2 Å². The number of aliphatic hydroxyl groups is 1. The summed E-state index contributed by atoms with van der Waals surface area (Å²) in [6, 6.07) is 11.0. The molecule has 0 spiro atoms. The molecule has 0 saturated carbocycles. The number of alkyl halides is 3. The van der Waals surface area contributed by atoms with Gasteiger partial charge in [0.2, 0.25) is 0 Å². The monoisotopic (exact) mass is 430 g/mol. The Labute approximate surface area is 163 Å². The first-order chi connectivity index (χ1) is 12.6. The predicted molar refractivity (Wildman–Crippen MR) is 104 cm³/mol. The number of hydrogen-bond acceptors (Lipinski definition) is 4. The van der Waals surface area contributed by atoms with Gasteiger partial charge in [-0.25, -0.2) is 12.8 Å². The van der Waals surface area contributed by atoms with Crippen LogP contribution in [0.15, 0.2) is 30.3 Å². The van der Waals surface area contributed by atoms with Gasteiger partial charge in [-0.15, -0.1) is 0 Å². The largest absolute Gasteiger partial charge is 0.743 e. The Kier molecular flexibility index (Phi) is 13.0. The first-order valence-corrected chi connectivity index (χ1v) is 12.0. The molecule has 0 amide bonds. The fourth-order valence-corrected chi connectivity index (χ4v) is 4.95. The molecular formula is C18H29F3O4S2. The number of aliphatic hydroxyl groups excluding tert-OH is 1. The van der Waals surface area contributed by atoms with Crippen molar-refractivity contribution >= 4 is 21.0 Å². The Morgan fingerprint density at radius 2 is 1.59 bits per heavy atom. The van der Waals surface area contributed by atoms with Gasteiger partial charge in [0.25, 0.3) is 0 Å². The predicted octanol–water partition coefficient (Wildman–Crippen LogP) is 3.86. The van der Waals surface area contributed by atoms with Gasteiger partial charge in [0.15, 0.2) is 16.3 Å². The molecule has 1 aromatic rings. The molecule has 0 aliphatic carbocycles. The van der Waals surface area contributed by atoms with Crippen LogP contribution in [0.3, 0.4) is 0 Å². The molecule has 0 heterocycles. The summed E-state index contributed by atoms with van der Waals surface area (Å²) < 4.78 is 64.4. The van der Waals surface area contributed by atoms with Crippen molar-refractivity contribution < 1.29 is 31.2 Å². The van der Waals surface area contributed by atoms with Crippen LogP contribution in [0.4, 0.5) is 13.2 Å². The lowest BCUT2D eigenvalue weighted by Gasteiger charge is -2.21. The van der Waals surface area contributed by atoms with E-state index in [1.165, 1.54) is 48.5 Å². The second kappa shape index (κ2) is 13.4. The van der Waals surface area contributed by atoms with Gasteiger partial charge in [-0.05, 0) is 23.7 Å². The first-order valence-electron chi connectivity index (χ1n) is 8.86. The minimum Gasteiger partial charge on any atom is -0.743 e. The molecule has 1 unspecified atom stereocenters. The van der Waals surface area contributed by atoms with E-state index in [0.717, 1.165) is 0 Å². The van der Waals surface area contributed by atoms with Crippen LogP contribution in [0.1, 0.15) is 45.1 Å². The summed E-state index contributed by atoms with van der Waals surface area (Å²) >= 11 is 0. The van der Waals surface area contributed by atoms with Crippen LogP contribution in [0.25, 0.3) is 0 Å². The fourth-order valence-electron chi connectivity index (χ4n) is 2.02. The van der Waals surface area contributed by atoms with Gasteiger partial charge < -0.3 is 9.66 Å². The molecule has 158 valence electrons. The fraction of sp³-hybridized carbons (Fsp3) is 0.667. The highest BCUT2D eigenvalue weighted by atomic mass is 32.2. The van der Waals surface area contributed by atoms with Crippen molar-refractivity contribution in [3.8, 4) is 0 Å². The van der Waals surface area contributed by atoms with Crippen LogP contribution >= 0.6 is 0 Å². The lowest BCUT2D eigenvalue weighted by molar-refractivity contribution is -0.0273. The molecular weight excluding hydrogens is 401 g/mol. The highest BCUT2D eigenvalue weighted by Crippen LogP contribution is 2.26. The zero-order valence-electron chi connectivity index (χ0n) is 15.7. The number of hydrogen-bond donors (Lipinski definition) is 1. The second-order valence-corrected chi connectivity index (χ2v) is 9.81. The maximum Gasteiger partial charge on any atom is 0.367 e. The van der Waals surface area contributed by atoms with Gasteiger partial charge in [-0.3, -0.25) is 0 Å². The highest BCUT2D eigenvalue weighted by molar-refractivity contribution is 7.96. The van der Waals surface area contributed by atoms with Gasteiger partial charge in [0.05, 0.1) is 6.61 Å². The summed E-state index contributed by atoms with van der Waals surface area (Å²) in [4.78, 5) is 0. The molecule has 9 heteroatoms. The maximum atomic E-state index is 11.9. The number of rotatable bonds is 11. The Morgan fingerprint density at radius 3 is 1.93 bits per heavy atom. The van der Waals surface area contributed by atoms with E-state index >= 15 is 0 Å². The number of unbranched alkanes of at least 4 members (excludes halogenated alkanes) is 2. The summed E-state index contributed by atoms with van der Waals surface area (Å²) in [5.74, 6) is 4.18. The highest BCUT2D eigenvalue weighted by Gasteiger charge is 2.46. The molecule has 27 heavy (non-hydrogen) atoms. The van der Waals surface area contributed by atoms with Crippen molar-refractivity contribution in [3.05, 3.63) is 35.9 Å². The topological polar surface area (TPSA) is 77.4 Å².